The van der Waals surface area contributed by atoms with Crippen LogP contribution in [-0.2, 0) is 9.53 Å². The van der Waals surface area contributed by atoms with Gasteiger partial charge < -0.3 is 4.74 Å². The number of carbonyl (C=O) groups is 1. The second kappa shape index (κ2) is 5.58. The first-order chi connectivity index (χ1) is 5.52. The highest BCUT2D eigenvalue weighted by Crippen LogP contribution is 1.93. The van der Waals surface area contributed by atoms with Crippen LogP contribution in [-0.4, -0.2) is 12.6 Å². The molecule has 0 fully saturated rings. The van der Waals surface area contributed by atoms with E-state index in [2.05, 4.69) is 0 Å². The zero-order chi connectivity index (χ0) is 9.56. The third-order valence-corrected chi connectivity index (χ3v) is 1.12. The van der Waals surface area contributed by atoms with Crippen molar-refractivity contribution in [2.75, 3.05) is 6.61 Å². The monoisotopic (exact) mass is 168 g/mol. The van der Waals surface area contributed by atoms with Crippen molar-refractivity contribution in [3.8, 4) is 0 Å². The fourth-order valence-corrected chi connectivity index (χ4v) is 0.568. The molecule has 0 spiro atoms. The third-order valence-electron chi connectivity index (χ3n) is 1.12. The summed E-state index contributed by atoms with van der Waals surface area (Å²) in [5.41, 5.74) is 2.11. The largest absolute Gasteiger partial charge is 0.458 e. The first kappa shape index (κ1) is 11.0. The molecule has 2 heteroatoms. The van der Waals surface area contributed by atoms with Crippen LogP contribution in [0.2, 0.25) is 0 Å². The Morgan fingerprint density at radius 1 is 1.17 bits per heavy atom. The van der Waals surface area contributed by atoms with Crippen molar-refractivity contribution in [2.24, 2.45) is 0 Å². The van der Waals surface area contributed by atoms with Gasteiger partial charge in [-0.3, -0.25) is 0 Å². The molecule has 68 valence electrons. The molecule has 0 rings (SSSR count). The summed E-state index contributed by atoms with van der Waals surface area (Å²) in [6.07, 6.45) is 3.36. The van der Waals surface area contributed by atoms with Gasteiger partial charge in [-0.15, -0.1) is 0 Å². The maximum atomic E-state index is 10.9. The number of esters is 1. The van der Waals surface area contributed by atoms with Gasteiger partial charge >= 0.3 is 5.97 Å². The summed E-state index contributed by atoms with van der Waals surface area (Å²) in [5, 5.41) is 0. The quantitative estimate of drug-likeness (QED) is 0.367. The molecule has 2 nitrogen and oxygen atoms in total. The van der Waals surface area contributed by atoms with Crippen LogP contribution in [0.1, 0.15) is 27.7 Å². The average Bonchev–Trinajstić information content (AvgIpc) is 1.84. The number of ether oxygens (including phenoxy) is 1. The molecule has 0 saturated heterocycles. The second-order valence-electron chi connectivity index (χ2n) is 3.13. The normalized spacial score (nSPS) is 8.67. The lowest BCUT2D eigenvalue weighted by atomic mass is 10.3. The van der Waals surface area contributed by atoms with Crippen molar-refractivity contribution in [1.29, 1.82) is 0 Å². The highest BCUT2D eigenvalue weighted by molar-refractivity contribution is 5.82. The highest BCUT2D eigenvalue weighted by atomic mass is 16.5. The molecule has 0 aliphatic rings. The van der Waals surface area contributed by atoms with Crippen LogP contribution >= 0.6 is 0 Å². The molecule has 0 amide bonds. The first-order valence-electron chi connectivity index (χ1n) is 3.97. The van der Waals surface area contributed by atoms with Gasteiger partial charge in [0, 0.05) is 6.08 Å². The number of allylic oxidation sites excluding steroid dienone is 2. The van der Waals surface area contributed by atoms with E-state index in [-0.39, 0.29) is 5.97 Å². The molecule has 0 bridgehead atoms. The highest BCUT2D eigenvalue weighted by Gasteiger charge is 1.94. The topological polar surface area (TPSA) is 26.3 Å². The van der Waals surface area contributed by atoms with Gasteiger partial charge in [-0.05, 0) is 33.8 Å². The average molecular weight is 168 g/mol. The van der Waals surface area contributed by atoms with Crippen LogP contribution in [0.15, 0.2) is 23.3 Å². The van der Waals surface area contributed by atoms with Crippen LogP contribution in [0.5, 0.6) is 0 Å². The Kier molecular flexibility index (Phi) is 5.09. The first-order valence-corrected chi connectivity index (χ1v) is 3.97. The van der Waals surface area contributed by atoms with Gasteiger partial charge in [0.15, 0.2) is 0 Å². The molecule has 0 aliphatic heterocycles. The van der Waals surface area contributed by atoms with Crippen LogP contribution in [0.3, 0.4) is 0 Å². The van der Waals surface area contributed by atoms with Gasteiger partial charge in [0.25, 0.3) is 0 Å². The Morgan fingerprint density at radius 2 is 1.75 bits per heavy atom. The van der Waals surface area contributed by atoms with Gasteiger partial charge in [-0.2, -0.15) is 0 Å². The molecular weight excluding hydrogens is 152 g/mol. The molecule has 0 aromatic rings. The lowest BCUT2D eigenvalue weighted by Crippen LogP contribution is -2.00. The van der Waals surface area contributed by atoms with E-state index in [0.717, 1.165) is 11.1 Å². The van der Waals surface area contributed by atoms with Crippen LogP contribution in [0, 0.1) is 0 Å². The van der Waals surface area contributed by atoms with E-state index in [1.165, 1.54) is 6.08 Å². The van der Waals surface area contributed by atoms with E-state index in [9.17, 15) is 4.79 Å². The van der Waals surface area contributed by atoms with E-state index >= 15 is 0 Å². The Balaban J connectivity index is 3.74. The van der Waals surface area contributed by atoms with E-state index in [1.54, 1.807) is 0 Å². The summed E-state index contributed by atoms with van der Waals surface area (Å²) in [5.74, 6) is -0.271. The van der Waals surface area contributed by atoms with Crippen molar-refractivity contribution in [2.45, 2.75) is 27.7 Å². The Morgan fingerprint density at radius 3 is 2.17 bits per heavy atom. The van der Waals surface area contributed by atoms with Gasteiger partial charge in [0.05, 0.1) is 0 Å². The molecule has 0 atom stereocenters. The van der Waals surface area contributed by atoms with Gasteiger partial charge in [-0.1, -0.05) is 11.1 Å². The maximum absolute atomic E-state index is 10.9. The lowest BCUT2D eigenvalue weighted by Gasteiger charge is -1.97. The molecule has 0 radical (unpaired) electrons. The third kappa shape index (κ3) is 7.06. The van der Waals surface area contributed by atoms with Gasteiger partial charge in [0.1, 0.15) is 6.61 Å². The zero-order valence-corrected chi connectivity index (χ0v) is 8.18. The number of carbonyl (C=O) groups excluding carboxylic acids is 1. The fourth-order valence-electron chi connectivity index (χ4n) is 0.568. The predicted molar refractivity (Wildman–Crippen MR) is 49.8 cm³/mol. The standard InChI is InChI=1S/C10H16O2/c1-8(2)5-6-12-10(11)7-9(3)4/h5,7H,6H2,1-4H3. The van der Waals surface area contributed by atoms with Crippen LogP contribution < -0.4 is 0 Å². The molecule has 0 unspecified atom stereocenters. The minimum absolute atomic E-state index is 0.271. The number of rotatable bonds is 3. The van der Waals surface area contributed by atoms with Crippen molar-refractivity contribution in [1.82, 2.24) is 0 Å². The van der Waals surface area contributed by atoms with Crippen LogP contribution in [0.25, 0.3) is 0 Å². The molecule has 0 aromatic heterocycles. The summed E-state index contributed by atoms with van der Waals surface area (Å²) in [6.45, 7) is 8.03. The van der Waals surface area contributed by atoms with E-state index < -0.39 is 0 Å². The minimum atomic E-state index is -0.271. The van der Waals surface area contributed by atoms with Crippen molar-refractivity contribution in [3.05, 3.63) is 23.3 Å². The fraction of sp³-hybridized carbons (Fsp3) is 0.500. The van der Waals surface area contributed by atoms with E-state index in [0.29, 0.717) is 6.61 Å². The van der Waals surface area contributed by atoms with Crippen molar-refractivity contribution in [3.63, 3.8) is 0 Å². The molecule has 0 aromatic carbocycles. The van der Waals surface area contributed by atoms with E-state index in [4.69, 9.17) is 4.74 Å². The summed E-state index contributed by atoms with van der Waals surface area (Å²) in [6, 6.07) is 0. The molecule has 0 saturated carbocycles. The number of hydrogen-bond acceptors (Lipinski definition) is 2. The molecule has 12 heavy (non-hydrogen) atoms. The van der Waals surface area contributed by atoms with Crippen molar-refractivity contribution < 1.29 is 9.53 Å². The zero-order valence-electron chi connectivity index (χ0n) is 8.18. The minimum Gasteiger partial charge on any atom is -0.458 e. The molecular formula is C10H16O2. The molecule has 0 aliphatic carbocycles. The summed E-state index contributed by atoms with van der Waals surface area (Å²) < 4.78 is 4.87. The smallest absolute Gasteiger partial charge is 0.330 e. The molecule has 0 heterocycles. The molecule has 0 N–H and O–H groups in total. The summed E-state index contributed by atoms with van der Waals surface area (Å²) in [7, 11) is 0. The predicted octanol–water partition coefficient (Wildman–Crippen LogP) is 2.46. The Hall–Kier alpha value is -1.05. The van der Waals surface area contributed by atoms with Crippen molar-refractivity contribution >= 4 is 5.97 Å². The maximum Gasteiger partial charge on any atom is 0.330 e. The van der Waals surface area contributed by atoms with E-state index in [1.807, 2.05) is 33.8 Å². The second-order valence-corrected chi connectivity index (χ2v) is 3.13. The lowest BCUT2D eigenvalue weighted by molar-refractivity contribution is -0.136. The summed E-state index contributed by atoms with van der Waals surface area (Å²) in [4.78, 5) is 10.9. The Bertz CT molecular complexity index is 204. The van der Waals surface area contributed by atoms with Gasteiger partial charge in [-0.25, -0.2) is 4.79 Å². The van der Waals surface area contributed by atoms with Crippen LogP contribution in [0.4, 0.5) is 0 Å². The van der Waals surface area contributed by atoms with Gasteiger partial charge in [0.2, 0.25) is 0 Å². The Labute approximate surface area is 73.9 Å². The summed E-state index contributed by atoms with van der Waals surface area (Å²) >= 11 is 0. The SMILES string of the molecule is CC(C)=CCOC(=O)C=C(C)C. The number of hydrogen-bond donors (Lipinski definition) is 0.